The van der Waals surface area contributed by atoms with Gasteiger partial charge in [0.25, 0.3) is 0 Å². The number of hydrogen-bond acceptors (Lipinski definition) is 7. The van der Waals surface area contributed by atoms with Crippen molar-refractivity contribution >= 4 is 17.7 Å². The van der Waals surface area contributed by atoms with Crippen LogP contribution in [0.5, 0.6) is 11.5 Å². The Labute approximate surface area is 193 Å². The standard InChI is InChI=1S/C24H30N4O5/c1-24(2)10-16-8-17(25)20(9-19(16)33-24)32-21-12-28(13-22(26)29)11-18(21)27-23(30)31-14-15-6-4-3-5-7-15/h3-9,18,21H,10-14,25H2,1-2H3,(H2,26,29)(H,27,30)/t18-,21-/m1/s1. The maximum absolute atomic E-state index is 12.4. The van der Waals surface area contributed by atoms with Crippen LogP contribution in [0.25, 0.3) is 0 Å². The Balaban J connectivity index is 1.44. The molecular formula is C24H30N4O5. The Morgan fingerprint density at radius 3 is 2.70 bits per heavy atom. The summed E-state index contributed by atoms with van der Waals surface area (Å²) in [5, 5.41) is 2.86. The van der Waals surface area contributed by atoms with Crippen molar-refractivity contribution in [2.24, 2.45) is 5.73 Å². The normalized spacial score (nSPS) is 21.2. The lowest BCUT2D eigenvalue weighted by Crippen LogP contribution is -2.45. The van der Waals surface area contributed by atoms with Gasteiger partial charge in [-0.05, 0) is 25.5 Å². The number of alkyl carbamates (subject to hydrolysis) is 1. The summed E-state index contributed by atoms with van der Waals surface area (Å²) >= 11 is 0. The molecule has 9 heteroatoms. The lowest BCUT2D eigenvalue weighted by atomic mass is 10.0. The number of hydrogen-bond donors (Lipinski definition) is 3. The molecule has 176 valence electrons. The lowest BCUT2D eigenvalue weighted by Gasteiger charge is -2.22. The molecule has 5 N–H and O–H groups in total. The molecule has 0 spiro atoms. The van der Waals surface area contributed by atoms with E-state index in [9.17, 15) is 9.59 Å². The Morgan fingerprint density at radius 1 is 1.21 bits per heavy atom. The molecular weight excluding hydrogens is 424 g/mol. The van der Waals surface area contributed by atoms with Crippen LogP contribution in [0.1, 0.15) is 25.0 Å². The summed E-state index contributed by atoms with van der Waals surface area (Å²) in [5.74, 6) is 0.763. The first-order valence-corrected chi connectivity index (χ1v) is 10.9. The number of nitrogen functional groups attached to an aromatic ring is 1. The molecule has 2 heterocycles. The number of carbonyl (C=O) groups is 2. The molecule has 0 bridgehead atoms. The number of primary amides is 1. The quantitative estimate of drug-likeness (QED) is 0.544. The first-order valence-electron chi connectivity index (χ1n) is 10.9. The predicted molar refractivity (Wildman–Crippen MR) is 123 cm³/mol. The van der Waals surface area contributed by atoms with Gasteiger partial charge in [-0.15, -0.1) is 0 Å². The summed E-state index contributed by atoms with van der Waals surface area (Å²) in [6.45, 7) is 5.04. The highest BCUT2D eigenvalue weighted by Crippen LogP contribution is 2.40. The molecule has 0 aliphatic carbocycles. The van der Waals surface area contributed by atoms with Crippen molar-refractivity contribution in [3.63, 3.8) is 0 Å². The molecule has 4 rings (SSSR count). The van der Waals surface area contributed by atoms with Crippen LogP contribution >= 0.6 is 0 Å². The van der Waals surface area contributed by atoms with Gasteiger partial charge in [-0.3, -0.25) is 9.69 Å². The van der Waals surface area contributed by atoms with Crippen molar-refractivity contribution in [1.29, 1.82) is 0 Å². The summed E-state index contributed by atoms with van der Waals surface area (Å²) in [7, 11) is 0. The van der Waals surface area contributed by atoms with Gasteiger partial charge in [0.2, 0.25) is 5.91 Å². The van der Waals surface area contributed by atoms with Crippen molar-refractivity contribution in [3.05, 3.63) is 53.6 Å². The van der Waals surface area contributed by atoms with Gasteiger partial charge in [-0.25, -0.2) is 4.79 Å². The fraction of sp³-hybridized carbons (Fsp3) is 0.417. The Kier molecular flexibility index (Phi) is 6.33. The van der Waals surface area contributed by atoms with Gasteiger partial charge >= 0.3 is 6.09 Å². The van der Waals surface area contributed by atoms with E-state index in [1.165, 1.54) is 0 Å². The molecule has 9 nitrogen and oxygen atoms in total. The third kappa shape index (κ3) is 5.67. The third-order valence-corrected chi connectivity index (χ3v) is 5.71. The summed E-state index contributed by atoms with van der Waals surface area (Å²) in [5.41, 5.74) is 13.7. The third-order valence-electron chi connectivity index (χ3n) is 5.71. The fourth-order valence-corrected chi connectivity index (χ4v) is 4.29. The maximum atomic E-state index is 12.4. The van der Waals surface area contributed by atoms with E-state index in [1.807, 2.05) is 55.1 Å². The van der Waals surface area contributed by atoms with E-state index in [0.29, 0.717) is 24.5 Å². The molecule has 2 aliphatic heterocycles. The molecule has 1 fully saturated rings. The number of nitrogens with one attached hydrogen (secondary N) is 1. The van der Waals surface area contributed by atoms with Crippen LogP contribution < -0.4 is 26.3 Å². The summed E-state index contributed by atoms with van der Waals surface area (Å²) < 4.78 is 17.6. The second-order valence-electron chi connectivity index (χ2n) is 9.17. The number of nitrogens with zero attached hydrogens (tertiary/aromatic N) is 1. The zero-order valence-electron chi connectivity index (χ0n) is 18.9. The molecule has 2 aromatic carbocycles. The van der Waals surface area contributed by atoms with Gasteiger partial charge in [0, 0.05) is 31.1 Å². The fourth-order valence-electron chi connectivity index (χ4n) is 4.29. The largest absolute Gasteiger partial charge is 0.487 e. The van der Waals surface area contributed by atoms with E-state index in [0.717, 1.165) is 23.3 Å². The number of rotatable bonds is 7. The molecule has 0 saturated carbocycles. The van der Waals surface area contributed by atoms with E-state index in [-0.39, 0.29) is 18.8 Å². The van der Waals surface area contributed by atoms with E-state index in [1.54, 1.807) is 6.07 Å². The van der Waals surface area contributed by atoms with Crippen LogP contribution in [0, 0.1) is 0 Å². The van der Waals surface area contributed by atoms with Crippen molar-refractivity contribution in [2.75, 3.05) is 25.4 Å². The molecule has 0 unspecified atom stereocenters. The number of nitrogens with two attached hydrogens (primary N) is 2. The molecule has 0 aromatic heterocycles. The molecule has 2 amide bonds. The number of anilines is 1. The smallest absolute Gasteiger partial charge is 0.407 e. The number of benzene rings is 2. The van der Waals surface area contributed by atoms with Gasteiger partial charge in [0.1, 0.15) is 29.8 Å². The van der Waals surface area contributed by atoms with Gasteiger partial charge in [-0.1, -0.05) is 30.3 Å². The number of ether oxygens (including phenoxy) is 3. The minimum absolute atomic E-state index is 0.0636. The molecule has 0 radical (unpaired) electrons. The molecule has 1 saturated heterocycles. The highest BCUT2D eigenvalue weighted by molar-refractivity contribution is 5.76. The van der Waals surface area contributed by atoms with Crippen molar-refractivity contribution in [2.45, 2.75) is 44.6 Å². The van der Waals surface area contributed by atoms with E-state index in [4.69, 9.17) is 25.7 Å². The van der Waals surface area contributed by atoms with Gasteiger partial charge in [0.05, 0.1) is 18.3 Å². The van der Waals surface area contributed by atoms with Crippen molar-refractivity contribution < 1.29 is 23.8 Å². The lowest BCUT2D eigenvalue weighted by molar-refractivity contribution is -0.118. The SMILES string of the molecule is CC1(C)Cc2cc(N)c(O[C@@H]3CN(CC(N)=O)C[C@H]3NC(=O)OCc3ccccc3)cc2O1. The predicted octanol–water partition coefficient (Wildman–Crippen LogP) is 1.83. The zero-order valence-corrected chi connectivity index (χ0v) is 18.9. The molecule has 2 aromatic rings. The molecule has 2 aliphatic rings. The molecule has 2 atom stereocenters. The van der Waals surface area contributed by atoms with E-state index in [2.05, 4.69) is 5.32 Å². The highest BCUT2D eigenvalue weighted by atomic mass is 16.5. The van der Waals surface area contributed by atoms with Crippen LogP contribution in [0.2, 0.25) is 0 Å². The Hall–Kier alpha value is -3.46. The topological polar surface area (TPSA) is 129 Å². The van der Waals surface area contributed by atoms with Gasteiger partial charge in [0.15, 0.2) is 0 Å². The van der Waals surface area contributed by atoms with Crippen molar-refractivity contribution in [1.82, 2.24) is 10.2 Å². The number of likely N-dealkylation sites (tertiary alicyclic amines) is 1. The van der Waals surface area contributed by atoms with Gasteiger partial charge < -0.3 is 31.0 Å². The maximum Gasteiger partial charge on any atom is 0.407 e. The first-order chi connectivity index (χ1) is 15.7. The van der Waals surface area contributed by atoms with Crippen molar-refractivity contribution in [3.8, 4) is 11.5 Å². The number of fused-ring (bicyclic) bond motifs is 1. The molecule has 33 heavy (non-hydrogen) atoms. The monoisotopic (exact) mass is 454 g/mol. The Morgan fingerprint density at radius 2 is 1.97 bits per heavy atom. The van der Waals surface area contributed by atoms with E-state index < -0.39 is 24.1 Å². The summed E-state index contributed by atoms with van der Waals surface area (Å²) in [6, 6.07) is 12.7. The average Bonchev–Trinajstić information content (AvgIpc) is 3.24. The average molecular weight is 455 g/mol. The first kappa shape index (κ1) is 22.7. The second-order valence-corrected chi connectivity index (χ2v) is 9.17. The Bertz CT molecular complexity index is 1030. The van der Waals surface area contributed by atoms with Crippen LogP contribution in [-0.2, 0) is 22.6 Å². The van der Waals surface area contributed by atoms with Crippen LogP contribution in [0.4, 0.5) is 10.5 Å². The number of amides is 2. The summed E-state index contributed by atoms with van der Waals surface area (Å²) in [6.07, 6.45) is -0.256. The minimum Gasteiger partial charge on any atom is -0.487 e. The summed E-state index contributed by atoms with van der Waals surface area (Å²) in [4.78, 5) is 25.7. The van der Waals surface area contributed by atoms with Crippen LogP contribution in [-0.4, -0.2) is 54.3 Å². The second kappa shape index (κ2) is 9.19. The van der Waals surface area contributed by atoms with Crippen LogP contribution in [0.3, 0.4) is 0 Å². The van der Waals surface area contributed by atoms with Crippen LogP contribution in [0.15, 0.2) is 42.5 Å². The zero-order chi connectivity index (χ0) is 23.6. The van der Waals surface area contributed by atoms with Gasteiger partial charge in [-0.2, -0.15) is 0 Å². The number of carbonyl (C=O) groups excluding carboxylic acids is 2. The highest BCUT2D eigenvalue weighted by Gasteiger charge is 2.37. The van der Waals surface area contributed by atoms with E-state index >= 15 is 0 Å². The minimum atomic E-state index is -0.564.